The van der Waals surface area contributed by atoms with Gasteiger partial charge in [-0.05, 0) is 24.3 Å². The van der Waals surface area contributed by atoms with E-state index in [0.29, 0.717) is 5.75 Å². The molecule has 5 nitrogen and oxygen atoms in total. The molecule has 0 unspecified atom stereocenters. The summed E-state index contributed by atoms with van der Waals surface area (Å²) >= 11 is 11.8. The van der Waals surface area contributed by atoms with Crippen molar-refractivity contribution in [2.24, 2.45) is 0 Å². The fourth-order valence-corrected chi connectivity index (χ4v) is 2.14. The summed E-state index contributed by atoms with van der Waals surface area (Å²) in [5, 5.41) is 12.7. The smallest absolute Gasteiger partial charge is 0.255 e. The van der Waals surface area contributed by atoms with Gasteiger partial charge in [-0.2, -0.15) is 0 Å². The van der Waals surface area contributed by atoms with Crippen molar-refractivity contribution in [2.45, 2.75) is 0 Å². The first kappa shape index (κ1) is 15.3. The first-order valence-electron chi connectivity index (χ1n) is 5.85. The van der Waals surface area contributed by atoms with Gasteiger partial charge >= 0.3 is 0 Å². The van der Waals surface area contributed by atoms with E-state index in [1.165, 1.54) is 31.4 Å². The second kappa shape index (κ2) is 6.11. The van der Waals surface area contributed by atoms with E-state index < -0.39 is 5.91 Å². The number of nitrogens with one attached hydrogen (secondary N) is 1. The van der Waals surface area contributed by atoms with E-state index in [4.69, 9.17) is 33.7 Å². The van der Waals surface area contributed by atoms with Crippen LogP contribution in [0.2, 0.25) is 10.0 Å². The maximum atomic E-state index is 12.2. The van der Waals surface area contributed by atoms with Gasteiger partial charge in [-0.15, -0.1) is 0 Å². The molecule has 0 saturated carbocycles. The third kappa shape index (κ3) is 3.32. The Hall–Kier alpha value is -2.11. The van der Waals surface area contributed by atoms with Gasteiger partial charge in [0.05, 0.1) is 28.5 Å². The number of rotatable bonds is 3. The summed E-state index contributed by atoms with van der Waals surface area (Å²) < 4.78 is 5.03. The molecule has 7 heteroatoms. The van der Waals surface area contributed by atoms with E-state index in [1.807, 2.05) is 0 Å². The molecule has 0 heterocycles. The second-order valence-electron chi connectivity index (χ2n) is 4.19. The first-order chi connectivity index (χ1) is 9.92. The summed E-state index contributed by atoms with van der Waals surface area (Å²) in [6, 6.07) is 7.28. The van der Waals surface area contributed by atoms with Gasteiger partial charge in [0.1, 0.15) is 11.5 Å². The molecule has 21 heavy (non-hydrogen) atoms. The number of hydrogen-bond acceptors (Lipinski definition) is 4. The van der Waals surface area contributed by atoms with Crippen LogP contribution in [0, 0.1) is 0 Å². The summed E-state index contributed by atoms with van der Waals surface area (Å²) in [5.74, 6) is -0.0735. The molecule has 4 N–H and O–H groups in total. The van der Waals surface area contributed by atoms with Gasteiger partial charge in [-0.3, -0.25) is 4.79 Å². The molecule has 0 atom stereocenters. The molecule has 0 saturated heterocycles. The molecule has 2 aromatic carbocycles. The zero-order valence-electron chi connectivity index (χ0n) is 11.0. The van der Waals surface area contributed by atoms with Crippen molar-refractivity contribution < 1.29 is 14.6 Å². The molecule has 0 aliphatic rings. The summed E-state index contributed by atoms with van der Waals surface area (Å²) in [7, 11) is 1.48. The van der Waals surface area contributed by atoms with E-state index in [1.54, 1.807) is 6.07 Å². The lowest BCUT2D eigenvalue weighted by Gasteiger charge is -2.10. The Bertz CT molecular complexity index is 682. The molecule has 0 spiro atoms. The molecule has 2 aromatic rings. The van der Waals surface area contributed by atoms with E-state index in [0.717, 1.165) is 0 Å². The second-order valence-corrected chi connectivity index (χ2v) is 5.01. The maximum Gasteiger partial charge on any atom is 0.255 e. The van der Waals surface area contributed by atoms with Gasteiger partial charge in [0.25, 0.3) is 5.91 Å². The van der Waals surface area contributed by atoms with Crippen LogP contribution in [-0.2, 0) is 0 Å². The number of carbonyl (C=O) groups is 1. The minimum Gasteiger partial charge on any atom is -0.506 e. The van der Waals surface area contributed by atoms with Crippen molar-refractivity contribution in [1.82, 2.24) is 0 Å². The van der Waals surface area contributed by atoms with Crippen LogP contribution in [0.1, 0.15) is 10.4 Å². The number of nitrogens with two attached hydrogens (primary N) is 1. The maximum absolute atomic E-state index is 12.2. The summed E-state index contributed by atoms with van der Waals surface area (Å²) in [4.78, 5) is 12.2. The predicted octanol–water partition coefficient (Wildman–Crippen LogP) is 3.54. The third-order valence-electron chi connectivity index (χ3n) is 2.79. The monoisotopic (exact) mass is 326 g/mol. The van der Waals surface area contributed by atoms with Crippen LogP contribution in [0.5, 0.6) is 11.5 Å². The Morgan fingerprint density at radius 1 is 1.24 bits per heavy atom. The highest BCUT2D eigenvalue weighted by molar-refractivity contribution is 6.39. The van der Waals surface area contributed by atoms with Crippen LogP contribution in [0.25, 0.3) is 0 Å². The fourth-order valence-electron chi connectivity index (χ4n) is 1.65. The van der Waals surface area contributed by atoms with Crippen LogP contribution in [0.3, 0.4) is 0 Å². The van der Waals surface area contributed by atoms with Crippen LogP contribution < -0.4 is 15.8 Å². The van der Waals surface area contributed by atoms with Crippen molar-refractivity contribution in [1.29, 1.82) is 0 Å². The number of carbonyl (C=O) groups excluding carboxylic acids is 1. The normalized spacial score (nSPS) is 10.2. The van der Waals surface area contributed by atoms with Gasteiger partial charge in [0.2, 0.25) is 0 Å². The van der Waals surface area contributed by atoms with Crippen LogP contribution in [-0.4, -0.2) is 18.1 Å². The summed E-state index contributed by atoms with van der Waals surface area (Å²) in [6.07, 6.45) is 0. The minimum atomic E-state index is -0.484. The van der Waals surface area contributed by atoms with Crippen molar-refractivity contribution in [3.8, 4) is 11.5 Å². The molecule has 0 aliphatic heterocycles. The largest absolute Gasteiger partial charge is 0.506 e. The Labute approximate surface area is 131 Å². The Balaban J connectivity index is 2.30. The number of aromatic hydroxyl groups is 1. The highest BCUT2D eigenvalue weighted by atomic mass is 35.5. The molecule has 0 aliphatic carbocycles. The third-order valence-corrected chi connectivity index (χ3v) is 3.42. The highest BCUT2D eigenvalue weighted by Gasteiger charge is 2.13. The molecule has 0 radical (unpaired) electrons. The lowest BCUT2D eigenvalue weighted by Crippen LogP contribution is -2.12. The zero-order valence-corrected chi connectivity index (χ0v) is 12.5. The van der Waals surface area contributed by atoms with Gasteiger partial charge in [0, 0.05) is 11.6 Å². The van der Waals surface area contributed by atoms with E-state index in [-0.39, 0.29) is 32.7 Å². The number of nitrogen functional groups attached to an aromatic ring is 1. The van der Waals surface area contributed by atoms with Crippen LogP contribution in [0.15, 0.2) is 30.3 Å². The molecule has 1 amide bonds. The van der Waals surface area contributed by atoms with Gasteiger partial charge in [-0.25, -0.2) is 0 Å². The molecule has 0 bridgehead atoms. The number of anilines is 2. The number of benzene rings is 2. The highest BCUT2D eigenvalue weighted by Crippen LogP contribution is 2.31. The molecule has 2 rings (SSSR count). The van der Waals surface area contributed by atoms with Gasteiger partial charge in [0.15, 0.2) is 0 Å². The summed E-state index contributed by atoms with van der Waals surface area (Å²) in [6.45, 7) is 0. The molecule has 0 fully saturated rings. The van der Waals surface area contributed by atoms with Crippen LogP contribution >= 0.6 is 23.2 Å². The fraction of sp³-hybridized carbons (Fsp3) is 0.0714. The number of phenolic OH excluding ortho intramolecular Hbond substituents is 1. The lowest BCUT2D eigenvalue weighted by atomic mass is 10.2. The number of ether oxygens (including phenoxy) is 1. The standard InChI is InChI=1S/C14H12Cl2N2O3/c1-21-8-2-3-12(19)11(6-8)18-14(20)7-4-9(15)13(17)10(16)5-7/h2-6,19H,17H2,1H3,(H,18,20). The Kier molecular flexibility index (Phi) is 4.45. The number of halogens is 2. The predicted molar refractivity (Wildman–Crippen MR) is 83.5 cm³/mol. The molecule has 0 aromatic heterocycles. The molecule has 110 valence electrons. The first-order valence-corrected chi connectivity index (χ1v) is 6.61. The minimum absolute atomic E-state index is 0.0863. The number of phenols is 1. The number of amides is 1. The SMILES string of the molecule is COc1ccc(O)c(NC(=O)c2cc(Cl)c(N)c(Cl)c2)c1. The van der Waals surface area contributed by atoms with E-state index in [9.17, 15) is 9.90 Å². The Morgan fingerprint density at radius 3 is 2.43 bits per heavy atom. The Morgan fingerprint density at radius 2 is 1.86 bits per heavy atom. The van der Waals surface area contributed by atoms with Gasteiger partial charge < -0.3 is 20.9 Å². The molecular weight excluding hydrogens is 315 g/mol. The topological polar surface area (TPSA) is 84.6 Å². The number of hydrogen-bond donors (Lipinski definition) is 3. The van der Waals surface area contributed by atoms with Gasteiger partial charge in [-0.1, -0.05) is 23.2 Å². The summed E-state index contributed by atoms with van der Waals surface area (Å²) in [5.41, 5.74) is 6.26. The van der Waals surface area contributed by atoms with Crippen molar-refractivity contribution >= 4 is 40.5 Å². The van der Waals surface area contributed by atoms with E-state index in [2.05, 4.69) is 5.32 Å². The van der Waals surface area contributed by atoms with Crippen LogP contribution in [0.4, 0.5) is 11.4 Å². The number of methoxy groups -OCH3 is 1. The average Bonchev–Trinajstić information content (AvgIpc) is 2.46. The van der Waals surface area contributed by atoms with E-state index >= 15 is 0 Å². The zero-order chi connectivity index (χ0) is 15.6. The molecular formula is C14H12Cl2N2O3. The van der Waals surface area contributed by atoms with Crippen molar-refractivity contribution in [3.63, 3.8) is 0 Å². The van der Waals surface area contributed by atoms with Crippen molar-refractivity contribution in [3.05, 3.63) is 45.9 Å². The average molecular weight is 327 g/mol. The van der Waals surface area contributed by atoms with Crippen molar-refractivity contribution in [2.75, 3.05) is 18.2 Å². The quantitative estimate of drug-likeness (QED) is 0.595. The lowest BCUT2D eigenvalue weighted by molar-refractivity contribution is 0.102.